The van der Waals surface area contributed by atoms with Gasteiger partial charge in [0.05, 0.1) is 12.7 Å². The average Bonchev–Trinajstić information content (AvgIpc) is 3.42. The molecule has 0 saturated carbocycles. The van der Waals surface area contributed by atoms with Crippen molar-refractivity contribution in [1.82, 2.24) is 14.8 Å². The molecular weight excluding hydrogens is 390 g/mol. The summed E-state index contributed by atoms with van der Waals surface area (Å²) < 4.78 is 7.70. The summed E-state index contributed by atoms with van der Waals surface area (Å²) in [4.78, 5) is 19.6. The quantitative estimate of drug-likeness (QED) is 0.528. The molecule has 0 atom stereocenters. The van der Waals surface area contributed by atoms with E-state index in [9.17, 15) is 4.79 Å². The lowest BCUT2D eigenvalue weighted by molar-refractivity contribution is -0.120. The van der Waals surface area contributed by atoms with Crippen molar-refractivity contribution < 1.29 is 9.21 Å². The largest absolute Gasteiger partial charge is 0.423 e. The SMILES string of the molecule is Cc1ccc(Cn2nccc2NC(=O)C2CCN(c3nc4ccccc4o3)CC2)cc1. The van der Waals surface area contributed by atoms with Crippen molar-refractivity contribution in [3.05, 3.63) is 71.9 Å². The van der Waals surface area contributed by atoms with Crippen molar-refractivity contribution in [2.75, 3.05) is 23.3 Å². The van der Waals surface area contributed by atoms with Crippen molar-refractivity contribution >= 4 is 28.8 Å². The van der Waals surface area contributed by atoms with Crippen molar-refractivity contribution in [2.45, 2.75) is 26.3 Å². The van der Waals surface area contributed by atoms with E-state index in [1.807, 2.05) is 35.0 Å². The van der Waals surface area contributed by atoms with Crippen LogP contribution in [-0.4, -0.2) is 33.8 Å². The summed E-state index contributed by atoms with van der Waals surface area (Å²) in [6.45, 7) is 4.18. The van der Waals surface area contributed by atoms with Crippen LogP contribution in [0.2, 0.25) is 0 Å². The fourth-order valence-corrected chi connectivity index (χ4v) is 3.99. The van der Waals surface area contributed by atoms with E-state index in [0.717, 1.165) is 48.4 Å². The maximum absolute atomic E-state index is 12.9. The predicted molar refractivity (Wildman–Crippen MR) is 120 cm³/mol. The van der Waals surface area contributed by atoms with E-state index < -0.39 is 0 Å². The Balaban J connectivity index is 1.19. The zero-order valence-corrected chi connectivity index (χ0v) is 17.5. The smallest absolute Gasteiger partial charge is 0.298 e. The van der Waals surface area contributed by atoms with Crippen LogP contribution in [0.1, 0.15) is 24.0 Å². The highest BCUT2D eigenvalue weighted by Gasteiger charge is 2.27. The molecule has 2 aromatic carbocycles. The lowest BCUT2D eigenvalue weighted by Gasteiger charge is -2.30. The van der Waals surface area contributed by atoms with Gasteiger partial charge in [0.1, 0.15) is 11.3 Å². The van der Waals surface area contributed by atoms with Gasteiger partial charge in [-0.3, -0.25) is 4.79 Å². The van der Waals surface area contributed by atoms with Crippen molar-refractivity contribution in [1.29, 1.82) is 0 Å². The normalized spacial score (nSPS) is 14.8. The molecule has 7 heteroatoms. The van der Waals surface area contributed by atoms with Gasteiger partial charge in [-0.15, -0.1) is 0 Å². The Hall–Kier alpha value is -3.61. The Bertz CT molecular complexity index is 1150. The summed E-state index contributed by atoms with van der Waals surface area (Å²) in [6.07, 6.45) is 3.24. The molecule has 2 aromatic heterocycles. The number of piperidine rings is 1. The van der Waals surface area contributed by atoms with Gasteiger partial charge in [-0.2, -0.15) is 10.1 Å². The van der Waals surface area contributed by atoms with Gasteiger partial charge in [0, 0.05) is 25.1 Å². The van der Waals surface area contributed by atoms with Crippen LogP contribution in [0, 0.1) is 12.8 Å². The van der Waals surface area contributed by atoms with Gasteiger partial charge < -0.3 is 14.6 Å². The summed E-state index contributed by atoms with van der Waals surface area (Å²) >= 11 is 0. The van der Waals surface area contributed by atoms with E-state index in [0.29, 0.717) is 12.6 Å². The fraction of sp³-hybridized carbons (Fsp3) is 0.292. The number of fused-ring (bicyclic) bond motifs is 1. The highest BCUT2D eigenvalue weighted by molar-refractivity contribution is 5.92. The lowest BCUT2D eigenvalue weighted by Crippen LogP contribution is -2.38. The van der Waals surface area contributed by atoms with E-state index in [1.165, 1.54) is 5.56 Å². The minimum Gasteiger partial charge on any atom is -0.423 e. The molecule has 1 N–H and O–H groups in total. The number of nitrogens with zero attached hydrogens (tertiary/aromatic N) is 4. The van der Waals surface area contributed by atoms with Crippen LogP contribution in [0.25, 0.3) is 11.1 Å². The van der Waals surface area contributed by atoms with Crippen LogP contribution < -0.4 is 10.2 Å². The number of rotatable bonds is 5. The zero-order chi connectivity index (χ0) is 21.2. The van der Waals surface area contributed by atoms with Crippen LogP contribution >= 0.6 is 0 Å². The molecule has 0 spiro atoms. The third-order valence-corrected chi connectivity index (χ3v) is 5.84. The summed E-state index contributed by atoms with van der Waals surface area (Å²) in [6, 6.07) is 18.6. The monoisotopic (exact) mass is 415 g/mol. The lowest BCUT2D eigenvalue weighted by atomic mass is 9.96. The molecule has 1 aliphatic rings. The first-order chi connectivity index (χ1) is 15.2. The molecule has 1 fully saturated rings. The molecule has 158 valence electrons. The molecule has 3 heterocycles. The van der Waals surface area contributed by atoms with Gasteiger partial charge in [-0.25, -0.2) is 4.68 Å². The Kier molecular flexibility index (Phi) is 5.16. The number of amides is 1. The second kappa shape index (κ2) is 8.26. The summed E-state index contributed by atoms with van der Waals surface area (Å²) in [5, 5.41) is 7.45. The first-order valence-electron chi connectivity index (χ1n) is 10.6. The number of para-hydroxylation sites is 2. The molecule has 31 heavy (non-hydrogen) atoms. The molecule has 5 rings (SSSR count). The number of hydrogen-bond donors (Lipinski definition) is 1. The second-order valence-electron chi connectivity index (χ2n) is 8.07. The predicted octanol–water partition coefficient (Wildman–Crippen LogP) is 4.24. The van der Waals surface area contributed by atoms with Crippen LogP contribution in [0.15, 0.2) is 65.2 Å². The van der Waals surface area contributed by atoms with Crippen molar-refractivity contribution in [3.63, 3.8) is 0 Å². The molecule has 4 aromatic rings. The maximum Gasteiger partial charge on any atom is 0.298 e. The molecule has 0 radical (unpaired) electrons. The molecule has 0 bridgehead atoms. The summed E-state index contributed by atoms with van der Waals surface area (Å²) in [5.74, 6) is 0.734. The first kappa shape index (κ1) is 19.4. The maximum atomic E-state index is 12.9. The Morgan fingerprint density at radius 3 is 2.65 bits per heavy atom. The molecule has 0 aliphatic carbocycles. The van der Waals surface area contributed by atoms with E-state index in [2.05, 4.69) is 51.5 Å². The number of carbonyl (C=O) groups is 1. The van der Waals surface area contributed by atoms with Crippen LogP contribution in [0.3, 0.4) is 0 Å². The van der Waals surface area contributed by atoms with Crippen LogP contribution in [0.4, 0.5) is 11.8 Å². The van der Waals surface area contributed by atoms with Gasteiger partial charge in [0.2, 0.25) is 5.91 Å². The standard InChI is InChI=1S/C24H25N5O2/c1-17-6-8-18(9-7-17)16-29-22(10-13-25-29)27-23(30)19-11-14-28(15-12-19)24-26-20-4-2-3-5-21(20)31-24/h2-10,13,19H,11-12,14-16H2,1H3,(H,27,30). The Morgan fingerprint density at radius 1 is 1.10 bits per heavy atom. The van der Waals surface area contributed by atoms with Gasteiger partial charge in [-0.1, -0.05) is 42.0 Å². The fourth-order valence-electron chi connectivity index (χ4n) is 3.99. The Labute approximate surface area is 180 Å². The van der Waals surface area contributed by atoms with Gasteiger partial charge in [0.25, 0.3) is 6.01 Å². The number of anilines is 2. The van der Waals surface area contributed by atoms with Crippen LogP contribution in [0.5, 0.6) is 0 Å². The minimum absolute atomic E-state index is 0.0386. The summed E-state index contributed by atoms with van der Waals surface area (Å²) in [5.41, 5.74) is 4.02. The topological polar surface area (TPSA) is 76.2 Å². The van der Waals surface area contributed by atoms with Crippen LogP contribution in [-0.2, 0) is 11.3 Å². The summed E-state index contributed by atoms with van der Waals surface area (Å²) in [7, 11) is 0. The number of nitrogens with one attached hydrogen (secondary N) is 1. The molecule has 1 amide bonds. The van der Waals surface area contributed by atoms with Crippen molar-refractivity contribution in [2.24, 2.45) is 5.92 Å². The van der Waals surface area contributed by atoms with Crippen molar-refractivity contribution in [3.8, 4) is 0 Å². The minimum atomic E-state index is -0.0386. The van der Waals surface area contributed by atoms with Gasteiger partial charge >= 0.3 is 0 Å². The first-order valence-corrected chi connectivity index (χ1v) is 10.6. The third-order valence-electron chi connectivity index (χ3n) is 5.84. The molecule has 1 saturated heterocycles. The Morgan fingerprint density at radius 2 is 1.87 bits per heavy atom. The van der Waals surface area contributed by atoms with Gasteiger partial charge in [0.15, 0.2) is 5.58 Å². The van der Waals surface area contributed by atoms with E-state index in [4.69, 9.17) is 4.42 Å². The second-order valence-corrected chi connectivity index (χ2v) is 8.07. The third kappa shape index (κ3) is 4.17. The van der Waals surface area contributed by atoms with E-state index >= 15 is 0 Å². The van der Waals surface area contributed by atoms with E-state index in [1.54, 1.807) is 6.20 Å². The number of hydrogen-bond acceptors (Lipinski definition) is 5. The van der Waals surface area contributed by atoms with Gasteiger partial charge in [-0.05, 0) is 37.5 Å². The zero-order valence-electron chi connectivity index (χ0n) is 17.5. The van der Waals surface area contributed by atoms with E-state index in [-0.39, 0.29) is 11.8 Å². The molecule has 7 nitrogen and oxygen atoms in total. The average molecular weight is 415 g/mol. The molecular formula is C24H25N5O2. The number of benzene rings is 2. The molecule has 0 unspecified atom stereocenters. The highest BCUT2D eigenvalue weighted by Crippen LogP contribution is 2.27. The molecule has 1 aliphatic heterocycles. The highest BCUT2D eigenvalue weighted by atomic mass is 16.4. The number of oxazole rings is 1. The number of aromatic nitrogens is 3. The number of carbonyl (C=O) groups excluding carboxylic acids is 1. The number of aryl methyl sites for hydroxylation is 1.